The maximum atomic E-state index is 14.2. The van der Waals surface area contributed by atoms with Crippen molar-refractivity contribution in [2.24, 2.45) is 0 Å². The van der Waals surface area contributed by atoms with Crippen molar-refractivity contribution in [2.45, 2.75) is 57.7 Å². The number of rotatable bonds is 5. The van der Waals surface area contributed by atoms with Gasteiger partial charge in [-0.15, -0.1) is 0 Å². The third kappa shape index (κ3) is 4.27. The van der Waals surface area contributed by atoms with Crippen molar-refractivity contribution in [3.63, 3.8) is 0 Å². The number of hydrogen-bond acceptors (Lipinski definition) is 4. The average molecular weight is 391 g/mol. The van der Waals surface area contributed by atoms with Crippen molar-refractivity contribution >= 4 is 5.91 Å². The molecule has 1 aromatic carbocycles. The van der Waals surface area contributed by atoms with Crippen molar-refractivity contribution in [2.75, 3.05) is 0 Å². The highest BCUT2D eigenvalue weighted by Crippen LogP contribution is 2.31. The van der Waals surface area contributed by atoms with Crippen molar-refractivity contribution in [3.05, 3.63) is 51.9 Å². The fraction of sp³-hybridized carbons (Fsp3) is 0.450. The molecule has 3 rings (SSSR count). The Balaban J connectivity index is 1.88. The Morgan fingerprint density at radius 3 is 2.61 bits per heavy atom. The van der Waals surface area contributed by atoms with Gasteiger partial charge in [-0.3, -0.25) is 9.59 Å². The number of nitrogens with zero attached hydrogens (tertiary/aromatic N) is 2. The minimum atomic E-state index is -0.769. The third-order valence-electron chi connectivity index (χ3n) is 4.82. The van der Waals surface area contributed by atoms with E-state index in [4.69, 9.17) is 0 Å². The summed E-state index contributed by atoms with van der Waals surface area (Å²) in [5.74, 6) is -1.85. The lowest BCUT2D eigenvalue weighted by atomic mass is 9.77. The molecule has 150 valence electrons. The average Bonchev–Trinajstić information content (AvgIpc) is 2.56. The van der Waals surface area contributed by atoms with Crippen LogP contribution < -0.4 is 10.9 Å². The van der Waals surface area contributed by atoms with Gasteiger partial charge in [0.15, 0.2) is 0 Å². The van der Waals surface area contributed by atoms with Gasteiger partial charge < -0.3 is 10.4 Å². The Hall–Kier alpha value is -2.61. The first-order valence-electron chi connectivity index (χ1n) is 9.15. The quantitative estimate of drug-likeness (QED) is 0.820. The number of carbonyl (C=O) groups is 1. The lowest BCUT2D eigenvalue weighted by Crippen LogP contribution is -2.54. The zero-order valence-corrected chi connectivity index (χ0v) is 16.0. The second-order valence-electron chi connectivity index (χ2n) is 7.89. The van der Waals surface area contributed by atoms with E-state index in [-0.39, 0.29) is 29.6 Å². The minimum absolute atomic E-state index is 0.0402. The number of carbonyl (C=O) groups excluding carboxylic acids is 1. The van der Waals surface area contributed by atoms with E-state index >= 15 is 0 Å². The van der Waals surface area contributed by atoms with Crippen LogP contribution in [0.3, 0.4) is 0 Å². The van der Waals surface area contributed by atoms with Crippen LogP contribution in [0.25, 0.3) is 11.1 Å². The molecule has 6 nitrogen and oxygen atoms in total. The van der Waals surface area contributed by atoms with E-state index in [0.717, 1.165) is 22.9 Å². The number of hydrogen-bond donors (Lipinski definition) is 2. The maximum Gasteiger partial charge on any atom is 0.267 e. The highest BCUT2D eigenvalue weighted by Gasteiger charge is 2.39. The van der Waals surface area contributed by atoms with Gasteiger partial charge >= 0.3 is 0 Å². The number of benzene rings is 1. The van der Waals surface area contributed by atoms with Gasteiger partial charge in [-0.05, 0) is 43.9 Å². The fourth-order valence-corrected chi connectivity index (χ4v) is 3.48. The van der Waals surface area contributed by atoms with E-state index in [0.29, 0.717) is 18.5 Å². The molecular formula is C20H23F2N3O3. The number of nitrogens with one attached hydrogen (secondary N) is 1. The highest BCUT2D eigenvalue weighted by molar-refractivity contribution is 5.76. The van der Waals surface area contributed by atoms with Crippen LogP contribution in [0.15, 0.2) is 29.1 Å². The minimum Gasteiger partial charge on any atom is -0.390 e. The van der Waals surface area contributed by atoms with Gasteiger partial charge in [0.1, 0.15) is 18.2 Å². The van der Waals surface area contributed by atoms with Crippen LogP contribution in [-0.4, -0.2) is 32.4 Å². The first-order valence-corrected chi connectivity index (χ1v) is 9.15. The molecule has 0 spiro atoms. The van der Waals surface area contributed by atoms with E-state index in [1.165, 1.54) is 6.07 Å². The Kier molecular flexibility index (Phi) is 5.34. The second-order valence-corrected chi connectivity index (χ2v) is 7.89. The predicted molar refractivity (Wildman–Crippen MR) is 99.7 cm³/mol. The topological polar surface area (TPSA) is 84.2 Å². The molecule has 0 atom stereocenters. The van der Waals surface area contributed by atoms with Gasteiger partial charge in [0.05, 0.1) is 11.3 Å². The summed E-state index contributed by atoms with van der Waals surface area (Å²) in [6, 6.07) is 4.08. The molecule has 1 aliphatic rings. The molecule has 1 amide bonds. The molecule has 8 heteroatoms. The molecule has 0 unspecified atom stereocenters. The summed E-state index contributed by atoms with van der Waals surface area (Å²) in [5.41, 5.74) is -0.790. The van der Waals surface area contributed by atoms with Crippen LogP contribution >= 0.6 is 0 Å². The Morgan fingerprint density at radius 2 is 2.00 bits per heavy atom. The smallest absolute Gasteiger partial charge is 0.267 e. The first kappa shape index (κ1) is 20.1. The summed E-state index contributed by atoms with van der Waals surface area (Å²) in [6.45, 7) is 5.03. The largest absolute Gasteiger partial charge is 0.390 e. The van der Waals surface area contributed by atoms with Gasteiger partial charge in [0.25, 0.3) is 5.56 Å². The van der Waals surface area contributed by atoms with Gasteiger partial charge in [-0.1, -0.05) is 13.8 Å². The summed E-state index contributed by atoms with van der Waals surface area (Å²) in [6.07, 6.45) is 0.909. The van der Waals surface area contributed by atoms with Crippen LogP contribution in [-0.2, 0) is 11.3 Å². The maximum absolute atomic E-state index is 14.2. The second kappa shape index (κ2) is 7.43. The van der Waals surface area contributed by atoms with Crippen LogP contribution in [0.1, 0.15) is 45.2 Å². The van der Waals surface area contributed by atoms with Crippen LogP contribution in [0, 0.1) is 11.6 Å². The highest BCUT2D eigenvalue weighted by atomic mass is 19.1. The summed E-state index contributed by atoms with van der Waals surface area (Å²) < 4.78 is 28.8. The van der Waals surface area contributed by atoms with Crippen molar-refractivity contribution in [1.29, 1.82) is 0 Å². The molecular weight excluding hydrogens is 368 g/mol. The number of aliphatic hydroxyl groups is 1. The summed E-state index contributed by atoms with van der Waals surface area (Å²) in [4.78, 5) is 24.7. The summed E-state index contributed by atoms with van der Waals surface area (Å²) in [7, 11) is 0. The van der Waals surface area contributed by atoms with Gasteiger partial charge in [0, 0.05) is 23.2 Å². The molecule has 1 heterocycles. The molecule has 1 fully saturated rings. The van der Waals surface area contributed by atoms with Crippen molar-refractivity contribution in [3.8, 4) is 11.1 Å². The van der Waals surface area contributed by atoms with E-state index < -0.39 is 28.7 Å². The first-order chi connectivity index (χ1) is 13.1. The monoisotopic (exact) mass is 391 g/mol. The Labute approximate surface area is 161 Å². The van der Waals surface area contributed by atoms with E-state index in [2.05, 4.69) is 10.4 Å². The number of aromatic nitrogens is 2. The lowest BCUT2D eigenvalue weighted by Gasteiger charge is -2.41. The van der Waals surface area contributed by atoms with Crippen molar-refractivity contribution < 1.29 is 18.7 Å². The van der Waals surface area contributed by atoms with Crippen LogP contribution in [0.2, 0.25) is 0 Å². The van der Waals surface area contributed by atoms with Gasteiger partial charge in [-0.25, -0.2) is 13.5 Å². The Morgan fingerprint density at radius 1 is 1.32 bits per heavy atom. The molecule has 1 aromatic heterocycles. The van der Waals surface area contributed by atoms with Crippen molar-refractivity contribution in [1.82, 2.24) is 15.1 Å². The van der Waals surface area contributed by atoms with Gasteiger partial charge in [-0.2, -0.15) is 5.10 Å². The van der Waals surface area contributed by atoms with E-state index in [1.807, 2.05) is 13.8 Å². The summed E-state index contributed by atoms with van der Waals surface area (Å²) in [5, 5.41) is 16.7. The molecule has 1 aliphatic carbocycles. The van der Waals surface area contributed by atoms with Crippen LogP contribution in [0.5, 0.6) is 0 Å². The molecule has 0 aliphatic heterocycles. The normalized spacial score (nSPS) is 21.5. The van der Waals surface area contributed by atoms with Crippen LogP contribution in [0.4, 0.5) is 8.78 Å². The van der Waals surface area contributed by atoms with E-state index in [9.17, 15) is 23.5 Å². The number of amides is 1. The summed E-state index contributed by atoms with van der Waals surface area (Å²) >= 11 is 0. The standard InChI is InChI=1S/C20H23F2N3O3/c1-11(2)19-15(14-6-12(21)4-5-16(14)22)7-18(27)25(24-19)10-17(26)23-13-8-20(3,28)9-13/h4-7,11,13,28H,8-10H2,1-3H3,(H,23,26)/t13-,20-. The molecule has 2 aromatic rings. The molecule has 2 N–H and O–H groups in total. The zero-order chi connectivity index (χ0) is 20.6. The van der Waals surface area contributed by atoms with Gasteiger partial charge in [0.2, 0.25) is 5.91 Å². The number of halogens is 2. The zero-order valence-electron chi connectivity index (χ0n) is 16.0. The molecule has 0 saturated heterocycles. The third-order valence-corrected chi connectivity index (χ3v) is 4.82. The molecule has 1 saturated carbocycles. The lowest BCUT2D eigenvalue weighted by molar-refractivity contribution is -0.125. The molecule has 0 bridgehead atoms. The Bertz CT molecular complexity index is 962. The fourth-order valence-electron chi connectivity index (χ4n) is 3.48. The van der Waals surface area contributed by atoms with E-state index in [1.54, 1.807) is 6.92 Å². The molecule has 0 radical (unpaired) electrons. The molecule has 28 heavy (non-hydrogen) atoms. The SMILES string of the molecule is CC(C)c1nn(CC(=O)N[C@H]2C[C@](C)(O)C2)c(=O)cc1-c1cc(F)ccc1F. The predicted octanol–water partition coefficient (Wildman–Crippen LogP) is 2.34.